The second-order valence-electron chi connectivity index (χ2n) is 5.26. The van der Waals surface area contributed by atoms with Crippen LogP contribution in [0.1, 0.15) is 38.7 Å². The second kappa shape index (κ2) is 8.29. The summed E-state index contributed by atoms with van der Waals surface area (Å²) in [5.41, 5.74) is 1.22. The molecule has 0 fully saturated rings. The summed E-state index contributed by atoms with van der Waals surface area (Å²) in [5.74, 6) is 0.490. The predicted molar refractivity (Wildman–Crippen MR) is 80.3 cm³/mol. The van der Waals surface area contributed by atoms with Crippen molar-refractivity contribution < 1.29 is 19.1 Å². The topological polar surface area (TPSA) is 64.6 Å². The van der Waals surface area contributed by atoms with Crippen LogP contribution in [0, 0.1) is 0 Å². The van der Waals surface area contributed by atoms with E-state index in [-0.39, 0.29) is 30.9 Å². The number of hydrogen-bond acceptors (Lipinski definition) is 4. The van der Waals surface area contributed by atoms with Gasteiger partial charge >= 0.3 is 5.97 Å². The molecule has 1 rings (SSSR count). The highest BCUT2D eigenvalue weighted by molar-refractivity contribution is 5.79. The van der Waals surface area contributed by atoms with Crippen LogP contribution < -0.4 is 10.1 Å². The average Bonchev–Trinajstić information content (AvgIpc) is 2.45. The Morgan fingerprint density at radius 3 is 2.29 bits per heavy atom. The lowest BCUT2D eigenvalue weighted by atomic mass is 10.0. The van der Waals surface area contributed by atoms with Crippen molar-refractivity contribution in [1.29, 1.82) is 0 Å². The molecular weight excluding hydrogens is 270 g/mol. The molecule has 1 atom stereocenters. The normalized spacial score (nSPS) is 11.9. The lowest BCUT2D eigenvalue weighted by Gasteiger charge is -2.13. The lowest BCUT2D eigenvalue weighted by Crippen LogP contribution is -2.37. The van der Waals surface area contributed by atoms with Gasteiger partial charge in [-0.3, -0.25) is 9.59 Å². The monoisotopic (exact) mass is 293 g/mol. The maximum Gasteiger partial charge on any atom is 0.307 e. The SMILES string of the molecule is COC(=O)CC(C)NC(=O)COc1ccc(C(C)C)cc1. The zero-order valence-electron chi connectivity index (χ0n) is 13.0. The molecule has 1 amide bonds. The van der Waals surface area contributed by atoms with E-state index in [1.807, 2.05) is 24.3 Å². The Morgan fingerprint density at radius 1 is 1.14 bits per heavy atom. The van der Waals surface area contributed by atoms with Gasteiger partial charge in [-0.05, 0) is 30.5 Å². The largest absolute Gasteiger partial charge is 0.484 e. The van der Waals surface area contributed by atoms with E-state index in [0.717, 1.165) is 0 Å². The molecule has 0 aliphatic rings. The second-order valence-corrected chi connectivity index (χ2v) is 5.26. The van der Waals surface area contributed by atoms with Gasteiger partial charge in [0, 0.05) is 6.04 Å². The van der Waals surface area contributed by atoms with Crippen molar-refractivity contribution in [2.24, 2.45) is 0 Å². The minimum atomic E-state index is -0.354. The molecule has 1 aromatic rings. The fraction of sp³-hybridized carbons (Fsp3) is 0.500. The average molecular weight is 293 g/mol. The Balaban J connectivity index is 2.37. The fourth-order valence-corrected chi connectivity index (χ4v) is 1.80. The van der Waals surface area contributed by atoms with E-state index < -0.39 is 0 Å². The van der Waals surface area contributed by atoms with Gasteiger partial charge in [0.2, 0.25) is 0 Å². The summed E-state index contributed by atoms with van der Waals surface area (Å²) in [6.45, 7) is 5.90. The van der Waals surface area contributed by atoms with Crippen LogP contribution in [0.5, 0.6) is 5.75 Å². The van der Waals surface area contributed by atoms with Gasteiger partial charge in [0.25, 0.3) is 5.91 Å². The summed E-state index contributed by atoms with van der Waals surface area (Å²) in [6, 6.07) is 7.38. The Bertz CT molecular complexity index is 468. The molecular formula is C16H23NO4. The molecule has 0 aliphatic heterocycles. The van der Waals surface area contributed by atoms with Crippen LogP contribution in [0.2, 0.25) is 0 Å². The number of ether oxygens (including phenoxy) is 2. The van der Waals surface area contributed by atoms with Crippen LogP contribution in [-0.2, 0) is 14.3 Å². The fourth-order valence-electron chi connectivity index (χ4n) is 1.80. The molecule has 116 valence electrons. The molecule has 5 heteroatoms. The Morgan fingerprint density at radius 2 is 1.76 bits per heavy atom. The molecule has 0 saturated carbocycles. The van der Waals surface area contributed by atoms with Gasteiger partial charge in [0.05, 0.1) is 13.5 Å². The van der Waals surface area contributed by atoms with Gasteiger partial charge in [-0.2, -0.15) is 0 Å². The Kier molecular flexibility index (Phi) is 6.72. The number of esters is 1. The van der Waals surface area contributed by atoms with Gasteiger partial charge in [0.1, 0.15) is 5.75 Å². The van der Waals surface area contributed by atoms with Crippen molar-refractivity contribution in [1.82, 2.24) is 5.32 Å². The van der Waals surface area contributed by atoms with Crippen molar-refractivity contribution in [2.45, 2.75) is 39.2 Å². The minimum Gasteiger partial charge on any atom is -0.484 e. The first-order valence-corrected chi connectivity index (χ1v) is 7.01. The Hall–Kier alpha value is -2.04. The van der Waals surface area contributed by atoms with Crippen LogP contribution in [0.3, 0.4) is 0 Å². The van der Waals surface area contributed by atoms with Crippen molar-refractivity contribution in [3.8, 4) is 5.75 Å². The highest BCUT2D eigenvalue weighted by Gasteiger charge is 2.12. The van der Waals surface area contributed by atoms with E-state index in [4.69, 9.17) is 4.74 Å². The molecule has 5 nitrogen and oxygen atoms in total. The number of hydrogen-bond donors (Lipinski definition) is 1. The number of nitrogens with one attached hydrogen (secondary N) is 1. The van der Waals surface area contributed by atoms with Gasteiger partial charge in [-0.25, -0.2) is 0 Å². The molecule has 1 N–H and O–H groups in total. The lowest BCUT2D eigenvalue weighted by molar-refractivity contribution is -0.141. The molecule has 0 radical (unpaired) electrons. The molecule has 0 aromatic heterocycles. The highest BCUT2D eigenvalue weighted by atomic mass is 16.5. The van der Waals surface area contributed by atoms with Gasteiger partial charge in [-0.15, -0.1) is 0 Å². The van der Waals surface area contributed by atoms with Gasteiger partial charge in [0.15, 0.2) is 6.61 Å². The molecule has 1 aromatic carbocycles. The third-order valence-corrected chi connectivity index (χ3v) is 3.02. The van der Waals surface area contributed by atoms with Crippen LogP contribution in [-0.4, -0.2) is 31.6 Å². The maximum absolute atomic E-state index is 11.7. The van der Waals surface area contributed by atoms with Crippen LogP contribution >= 0.6 is 0 Å². The predicted octanol–water partition coefficient (Wildman–Crippen LogP) is 2.26. The van der Waals surface area contributed by atoms with Crippen molar-refractivity contribution in [3.63, 3.8) is 0 Å². The number of rotatable bonds is 7. The van der Waals surface area contributed by atoms with Crippen molar-refractivity contribution in [2.75, 3.05) is 13.7 Å². The minimum absolute atomic E-state index is 0.0768. The maximum atomic E-state index is 11.7. The smallest absolute Gasteiger partial charge is 0.307 e. The van der Waals surface area contributed by atoms with E-state index in [1.165, 1.54) is 12.7 Å². The van der Waals surface area contributed by atoms with E-state index in [0.29, 0.717) is 11.7 Å². The number of benzene rings is 1. The van der Waals surface area contributed by atoms with E-state index in [2.05, 4.69) is 23.9 Å². The third-order valence-electron chi connectivity index (χ3n) is 3.02. The van der Waals surface area contributed by atoms with Crippen LogP contribution in [0.15, 0.2) is 24.3 Å². The van der Waals surface area contributed by atoms with E-state index in [9.17, 15) is 9.59 Å². The van der Waals surface area contributed by atoms with Gasteiger partial charge < -0.3 is 14.8 Å². The molecule has 1 unspecified atom stereocenters. The summed E-state index contributed by atoms with van der Waals surface area (Å²) in [4.78, 5) is 22.7. The summed E-state index contributed by atoms with van der Waals surface area (Å²) < 4.78 is 9.95. The first-order chi connectivity index (χ1) is 9.92. The zero-order valence-corrected chi connectivity index (χ0v) is 13.0. The van der Waals surface area contributed by atoms with Crippen LogP contribution in [0.25, 0.3) is 0 Å². The third kappa shape index (κ3) is 6.29. The summed E-state index contributed by atoms with van der Waals surface area (Å²) in [5, 5.41) is 2.68. The molecule has 0 aliphatic carbocycles. The number of methoxy groups -OCH3 is 1. The number of amides is 1. The highest BCUT2D eigenvalue weighted by Crippen LogP contribution is 2.18. The first-order valence-electron chi connectivity index (χ1n) is 7.01. The van der Waals surface area contributed by atoms with Gasteiger partial charge in [-0.1, -0.05) is 26.0 Å². The molecule has 0 spiro atoms. The van der Waals surface area contributed by atoms with E-state index in [1.54, 1.807) is 6.92 Å². The molecule has 21 heavy (non-hydrogen) atoms. The summed E-state index contributed by atoms with van der Waals surface area (Å²) in [7, 11) is 1.32. The standard InChI is InChI=1S/C16H23NO4/c1-11(2)13-5-7-14(8-6-13)21-10-15(18)17-12(3)9-16(19)20-4/h5-8,11-12H,9-10H2,1-4H3,(H,17,18). The number of carbonyl (C=O) groups excluding carboxylic acids is 2. The Labute approximate surface area is 125 Å². The van der Waals surface area contributed by atoms with Crippen molar-refractivity contribution >= 4 is 11.9 Å². The molecule has 0 saturated heterocycles. The quantitative estimate of drug-likeness (QED) is 0.783. The van der Waals surface area contributed by atoms with Crippen LogP contribution in [0.4, 0.5) is 0 Å². The summed E-state index contributed by atoms with van der Waals surface area (Å²) >= 11 is 0. The summed E-state index contributed by atoms with van der Waals surface area (Å²) in [6.07, 6.45) is 0.144. The number of carbonyl (C=O) groups is 2. The van der Waals surface area contributed by atoms with Crippen molar-refractivity contribution in [3.05, 3.63) is 29.8 Å². The zero-order chi connectivity index (χ0) is 15.8. The molecule has 0 heterocycles. The van der Waals surface area contributed by atoms with E-state index >= 15 is 0 Å². The molecule has 0 bridgehead atoms. The first kappa shape index (κ1) is 17.0.